The zero-order chi connectivity index (χ0) is 11.8. The highest BCUT2D eigenvalue weighted by atomic mass is 16.3. The zero-order valence-corrected chi connectivity index (χ0v) is 9.25. The van der Waals surface area contributed by atoms with E-state index in [9.17, 15) is 4.79 Å². The minimum absolute atomic E-state index is 0.0676. The molecule has 0 saturated heterocycles. The Hall–Kier alpha value is -2.36. The lowest BCUT2D eigenvalue weighted by atomic mass is 10.2. The molecule has 2 heterocycles. The largest absolute Gasteiger partial charge is 0.461 e. The summed E-state index contributed by atoms with van der Waals surface area (Å²) >= 11 is 0. The fraction of sp³-hybridized carbons (Fsp3) is 0.0769. The Kier molecular flexibility index (Phi) is 2.08. The van der Waals surface area contributed by atoms with E-state index in [-0.39, 0.29) is 5.56 Å². The van der Waals surface area contributed by atoms with E-state index in [1.165, 1.54) is 4.57 Å². The molecule has 0 saturated carbocycles. The number of benzene rings is 1. The van der Waals surface area contributed by atoms with Crippen molar-refractivity contribution in [2.75, 3.05) is 0 Å². The molecule has 1 aromatic carbocycles. The Balaban J connectivity index is 2.42. The average Bonchev–Trinajstić information content (AvgIpc) is 2.87. The maximum atomic E-state index is 12.1. The summed E-state index contributed by atoms with van der Waals surface area (Å²) in [5, 5.41) is 0.616. The van der Waals surface area contributed by atoms with Crippen LogP contribution in [-0.2, 0) is 7.05 Å². The smallest absolute Gasteiger partial charge is 0.261 e. The molecule has 0 amide bonds. The van der Waals surface area contributed by atoms with Crippen molar-refractivity contribution in [3.8, 4) is 11.6 Å². The van der Waals surface area contributed by atoms with Gasteiger partial charge in [0.25, 0.3) is 5.56 Å². The summed E-state index contributed by atoms with van der Waals surface area (Å²) in [5.74, 6) is 1.13. The number of aromatic nitrogens is 2. The molecule has 2 aromatic heterocycles. The van der Waals surface area contributed by atoms with E-state index in [4.69, 9.17) is 4.42 Å². The molecule has 4 nitrogen and oxygen atoms in total. The Labute approximate surface area is 97.1 Å². The molecule has 0 radical (unpaired) electrons. The Bertz CT molecular complexity index is 727. The molecule has 3 aromatic rings. The van der Waals surface area contributed by atoms with Gasteiger partial charge in [0, 0.05) is 7.05 Å². The van der Waals surface area contributed by atoms with Crippen molar-refractivity contribution >= 4 is 10.9 Å². The van der Waals surface area contributed by atoms with E-state index < -0.39 is 0 Å². The number of rotatable bonds is 1. The molecule has 84 valence electrons. The molecular weight excluding hydrogens is 216 g/mol. The van der Waals surface area contributed by atoms with Crippen LogP contribution in [0.25, 0.3) is 22.5 Å². The van der Waals surface area contributed by atoms with Crippen LogP contribution in [0.3, 0.4) is 0 Å². The van der Waals surface area contributed by atoms with Crippen LogP contribution >= 0.6 is 0 Å². The van der Waals surface area contributed by atoms with Crippen LogP contribution in [-0.4, -0.2) is 9.55 Å². The lowest BCUT2D eigenvalue weighted by molar-refractivity contribution is 0.571. The molecule has 0 bridgehead atoms. The van der Waals surface area contributed by atoms with Gasteiger partial charge < -0.3 is 4.42 Å². The zero-order valence-electron chi connectivity index (χ0n) is 9.25. The molecule has 0 fully saturated rings. The summed E-state index contributed by atoms with van der Waals surface area (Å²) in [6.07, 6.45) is 1.57. The van der Waals surface area contributed by atoms with E-state index >= 15 is 0 Å². The second kappa shape index (κ2) is 3.59. The Morgan fingerprint density at radius 3 is 2.76 bits per heavy atom. The first-order chi connectivity index (χ1) is 8.27. The van der Waals surface area contributed by atoms with Gasteiger partial charge in [0.1, 0.15) is 0 Å². The molecule has 0 atom stereocenters. The fourth-order valence-electron chi connectivity index (χ4n) is 1.84. The first kappa shape index (κ1) is 9.84. The second-order valence-electron chi connectivity index (χ2n) is 3.79. The summed E-state index contributed by atoms with van der Waals surface area (Å²) in [6.45, 7) is 0. The van der Waals surface area contributed by atoms with Crippen LogP contribution in [0.2, 0.25) is 0 Å². The van der Waals surface area contributed by atoms with Crippen LogP contribution in [0, 0.1) is 0 Å². The van der Waals surface area contributed by atoms with E-state index in [1.54, 1.807) is 31.5 Å². The number of hydrogen-bond acceptors (Lipinski definition) is 3. The third-order valence-electron chi connectivity index (χ3n) is 2.72. The summed E-state index contributed by atoms with van der Waals surface area (Å²) in [7, 11) is 1.69. The molecule has 0 aliphatic heterocycles. The van der Waals surface area contributed by atoms with Crippen LogP contribution < -0.4 is 5.56 Å². The van der Waals surface area contributed by atoms with Crippen molar-refractivity contribution in [1.82, 2.24) is 9.55 Å². The first-order valence-corrected chi connectivity index (χ1v) is 5.27. The van der Waals surface area contributed by atoms with Gasteiger partial charge in [0.05, 0.1) is 17.2 Å². The van der Waals surface area contributed by atoms with Gasteiger partial charge in [0.15, 0.2) is 11.6 Å². The highest BCUT2D eigenvalue weighted by Gasteiger charge is 2.11. The predicted molar refractivity (Wildman–Crippen MR) is 64.7 cm³/mol. The SMILES string of the molecule is Cn1c(-c2ccco2)nc2ccccc2c1=O. The predicted octanol–water partition coefficient (Wildman–Crippen LogP) is 2.19. The van der Waals surface area contributed by atoms with Gasteiger partial charge >= 0.3 is 0 Å². The summed E-state index contributed by atoms with van der Waals surface area (Å²) in [5.41, 5.74) is 0.615. The standard InChI is InChI=1S/C13H10N2O2/c1-15-12(11-7-4-8-17-11)14-10-6-3-2-5-9(10)13(15)16/h2-8H,1H3. The van der Waals surface area contributed by atoms with Gasteiger partial charge in [-0.05, 0) is 24.3 Å². The monoisotopic (exact) mass is 226 g/mol. The molecular formula is C13H10N2O2. The van der Waals surface area contributed by atoms with Crippen molar-refractivity contribution in [1.29, 1.82) is 0 Å². The second-order valence-corrected chi connectivity index (χ2v) is 3.79. The van der Waals surface area contributed by atoms with Gasteiger partial charge in [-0.2, -0.15) is 0 Å². The molecule has 3 rings (SSSR count). The van der Waals surface area contributed by atoms with Crippen LogP contribution in [0.15, 0.2) is 51.9 Å². The van der Waals surface area contributed by atoms with Crippen LogP contribution in [0.5, 0.6) is 0 Å². The topological polar surface area (TPSA) is 48.0 Å². The number of fused-ring (bicyclic) bond motifs is 1. The van der Waals surface area contributed by atoms with Gasteiger partial charge in [-0.25, -0.2) is 4.98 Å². The van der Waals surface area contributed by atoms with Crippen LogP contribution in [0.4, 0.5) is 0 Å². The number of nitrogens with zero attached hydrogens (tertiary/aromatic N) is 2. The lowest BCUT2D eigenvalue weighted by Gasteiger charge is -2.06. The minimum atomic E-state index is -0.0676. The third kappa shape index (κ3) is 1.45. The van der Waals surface area contributed by atoms with E-state index in [0.29, 0.717) is 22.5 Å². The van der Waals surface area contributed by atoms with Crippen LogP contribution in [0.1, 0.15) is 0 Å². The third-order valence-corrected chi connectivity index (χ3v) is 2.72. The van der Waals surface area contributed by atoms with Gasteiger partial charge in [-0.15, -0.1) is 0 Å². The number of para-hydroxylation sites is 1. The van der Waals surface area contributed by atoms with E-state index in [0.717, 1.165) is 0 Å². The van der Waals surface area contributed by atoms with Crippen molar-refractivity contribution in [3.05, 3.63) is 53.0 Å². The summed E-state index contributed by atoms with van der Waals surface area (Å²) in [6, 6.07) is 10.9. The summed E-state index contributed by atoms with van der Waals surface area (Å²) in [4.78, 5) is 16.6. The molecule has 0 aliphatic rings. The number of furan rings is 1. The Morgan fingerprint density at radius 2 is 2.00 bits per heavy atom. The normalized spacial score (nSPS) is 10.9. The molecule has 0 unspecified atom stereocenters. The lowest BCUT2D eigenvalue weighted by Crippen LogP contribution is -2.19. The first-order valence-electron chi connectivity index (χ1n) is 5.27. The Morgan fingerprint density at radius 1 is 1.18 bits per heavy atom. The van der Waals surface area contributed by atoms with Crippen molar-refractivity contribution in [2.24, 2.45) is 7.05 Å². The quantitative estimate of drug-likeness (QED) is 0.639. The highest BCUT2D eigenvalue weighted by molar-refractivity contribution is 5.79. The average molecular weight is 226 g/mol. The number of hydrogen-bond donors (Lipinski definition) is 0. The summed E-state index contributed by atoms with van der Waals surface area (Å²) < 4.78 is 6.78. The minimum Gasteiger partial charge on any atom is -0.461 e. The van der Waals surface area contributed by atoms with Crippen molar-refractivity contribution in [3.63, 3.8) is 0 Å². The van der Waals surface area contributed by atoms with Gasteiger partial charge in [-0.1, -0.05) is 12.1 Å². The van der Waals surface area contributed by atoms with E-state index in [1.807, 2.05) is 18.2 Å². The highest BCUT2D eigenvalue weighted by Crippen LogP contribution is 2.17. The van der Waals surface area contributed by atoms with Crippen molar-refractivity contribution < 1.29 is 4.42 Å². The molecule has 0 aliphatic carbocycles. The van der Waals surface area contributed by atoms with Crippen molar-refractivity contribution in [2.45, 2.75) is 0 Å². The molecule has 0 spiro atoms. The molecule has 0 N–H and O–H groups in total. The maximum absolute atomic E-state index is 12.1. The fourth-order valence-corrected chi connectivity index (χ4v) is 1.84. The van der Waals surface area contributed by atoms with Gasteiger partial charge in [-0.3, -0.25) is 9.36 Å². The molecule has 4 heteroatoms. The van der Waals surface area contributed by atoms with Gasteiger partial charge in [0.2, 0.25) is 0 Å². The van der Waals surface area contributed by atoms with E-state index in [2.05, 4.69) is 4.98 Å². The molecule has 17 heavy (non-hydrogen) atoms. The maximum Gasteiger partial charge on any atom is 0.261 e.